The molecule has 0 unspecified atom stereocenters. The second kappa shape index (κ2) is 6.20. The van der Waals surface area contributed by atoms with E-state index in [1.807, 2.05) is 48.1 Å². The molecule has 3 heterocycles. The number of aromatic nitrogens is 4. The van der Waals surface area contributed by atoms with Crippen LogP contribution in [0.25, 0.3) is 17.0 Å². The average molecular weight is 323 g/mol. The normalized spacial score (nSPS) is 21.1. The summed E-state index contributed by atoms with van der Waals surface area (Å²) in [5.74, 6) is 0.642. The zero-order valence-corrected chi connectivity index (χ0v) is 13.7. The number of hydrogen-bond donors (Lipinski definition) is 2. The molecule has 3 aromatic heterocycles. The lowest BCUT2D eigenvalue weighted by molar-refractivity contribution is 0.126. The van der Waals surface area contributed by atoms with Crippen LogP contribution in [0.1, 0.15) is 31.2 Å². The van der Waals surface area contributed by atoms with Crippen LogP contribution >= 0.6 is 0 Å². The summed E-state index contributed by atoms with van der Waals surface area (Å²) in [5.41, 5.74) is 3.78. The highest BCUT2D eigenvalue weighted by atomic mass is 16.3. The zero-order valence-electron chi connectivity index (χ0n) is 13.7. The lowest BCUT2D eigenvalue weighted by Crippen LogP contribution is -2.29. The van der Waals surface area contributed by atoms with Crippen LogP contribution in [-0.4, -0.2) is 36.6 Å². The second-order valence-corrected chi connectivity index (χ2v) is 6.45. The van der Waals surface area contributed by atoms with E-state index in [0.29, 0.717) is 12.0 Å². The fraction of sp³-hybridized carbons (Fsp3) is 0.389. The van der Waals surface area contributed by atoms with Gasteiger partial charge in [-0.05, 0) is 50.3 Å². The molecule has 4 rings (SSSR count). The largest absolute Gasteiger partial charge is 0.393 e. The van der Waals surface area contributed by atoms with Crippen molar-refractivity contribution in [2.24, 2.45) is 0 Å². The molecule has 1 aliphatic rings. The Morgan fingerprint density at radius 3 is 2.79 bits per heavy atom. The molecule has 0 bridgehead atoms. The third-order valence-electron chi connectivity index (χ3n) is 4.66. The van der Waals surface area contributed by atoms with Gasteiger partial charge < -0.3 is 10.4 Å². The van der Waals surface area contributed by atoms with E-state index in [9.17, 15) is 5.11 Å². The Kier molecular flexibility index (Phi) is 3.90. The number of rotatable bonds is 3. The van der Waals surface area contributed by atoms with Gasteiger partial charge in [0.25, 0.3) is 0 Å². The maximum Gasteiger partial charge on any atom is 0.223 e. The molecule has 124 valence electrons. The van der Waals surface area contributed by atoms with Gasteiger partial charge in [0, 0.05) is 18.4 Å². The zero-order chi connectivity index (χ0) is 16.5. The van der Waals surface area contributed by atoms with Crippen molar-refractivity contribution >= 4 is 11.6 Å². The van der Waals surface area contributed by atoms with Gasteiger partial charge in [0.1, 0.15) is 5.65 Å². The number of nitrogens with zero attached hydrogens (tertiary/aromatic N) is 4. The SMILES string of the molecule is Cc1cnc(NC2CCC(O)CC2)nc1-c1cnc2ccccn12. The van der Waals surface area contributed by atoms with Gasteiger partial charge in [-0.3, -0.25) is 4.40 Å². The number of aliphatic hydroxyl groups is 1. The molecule has 2 N–H and O–H groups in total. The summed E-state index contributed by atoms with van der Waals surface area (Å²) in [6.07, 6.45) is 9.11. The molecule has 0 saturated heterocycles. The molecule has 24 heavy (non-hydrogen) atoms. The molecule has 0 atom stereocenters. The molecule has 0 radical (unpaired) electrons. The van der Waals surface area contributed by atoms with Crippen molar-refractivity contribution in [3.8, 4) is 11.4 Å². The van der Waals surface area contributed by atoms with Crippen LogP contribution in [0.2, 0.25) is 0 Å². The Labute approximate surface area is 140 Å². The number of imidazole rings is 1. The predicted octanol–water partition coefficient (Wildman–Crippen LogP) is 2.82. The number of anilines is 1. The van der Waals surface area contributed by atoms with Gasteiger partial charge in [-0.1, -0.05) is 6.07 Å². The summed E-state index contributed by atoms with van der Waals surface area (Å²) >= 11 is 0. The predicted molar refractivity (Wildman–Crippen MR) is 92.8 cm³/mol. The van der Waals surface area contributed by atoms with Crippen LogP contribution in [0.3, 0.4) is 0 Å². The van der Waals surface area contributed by atoms with Crippen molar-refractivity contribution < 1.29 is 5.11 Å². The first kappa shape index (κ1) is 15.1. The van der Waals surface area contributed by atoms with E-state index in [-0.39, 0.29) is 6.10 Å². The van der Waals surface area contributed by atoms with Crippen LogP contribution in [0.15, 0.2) is 36.8 Å². The molecule has 6 heteroatoms. The maximum atomic E-state index is 9.63. The minimum atomic E-state index is -0.157. The standard InChI is InChI=1S/C18H21N5O/c1-12-10-20-18(21-13-5-7-14(24)8-6-13)22-17(12)15-11-19-16-4-2-3-9-23(15)16/h2-4,9-11,13-14,24H,5-8H2,1H3,(H,20,21,22). The summed E-state index contributed by atoms with van der Waals surface area (Å²) in [6.45, 7) is 2.01. The van der Waals surface area contributed by atoms with Gasteiger partial charge in [-0.15, -0.1) is 0 Å². The minimum Gasteiger partial charge on any atom is -0.393 e. The quantitative estimate of drug-likeness (QED) is 0.775. The minimum absolute atomic E-state index is 0.157. The number of aryl methyl sites for hydroxylation is 1. The van der Waals surface area contributed by atoms with Crippen LogP contribution in [0.5, 0.6) is 0 Å². The van der Waals surface area contributed by atoms with E-state index in [1.165, 1.54) is 0 Å². The summed E-state index contributed by atoms with van der Waals surface area (Å²) < 4.78 is 2.04. The fourth-order valence-corrected chi connectivity index (χ4v) is 3.28. The molecule has 0 aromatic carbocycles. The lowest BCUT2D eigenvalue weighted by atomic mass is 9.93. The van der Waals surface area contributed by atoms with Crippen molar-refractivity contribution in [1.82, 2.24) is 19.4 Å². The summed E-state index contributed by atoms with van der Waals surface area (Å²) in [5, 5.41) is 13.0. The molecule has 6 nitrogen and oxygen atoms in total. The number of pyridine rings is 1. The van der Waals surface area contributed by atoms with Gasteiger partial charge >= 0.3 is 0 Å². The van der Waals surface area contributed by atoms with E-state index in [4.69, 9.17) is 4.98 Å². The highest BCUT2D eigenvalue weighted by Crippen LogP contribution is 2.25. The Hall–Kier alpha value is -2.47. The van der Waals surface area contributed by atoms with E-state index in [0.717, 1.165) is 48.3 Å². The molecule has 3 aromatic rings. The maximum absolute atomic E-state index is 9.63. The first-order valence-electron chi connectivity index (χ1n) is 8.41. The average Bonchev–Trinajstić information content (AvgIpc) is 3.03. The van der Waals surface area contributed by atoms with E-state index >= 15 is 0 Å². The molecular formula is C18H21N5O. The fourth-order valence-electron chi connectivity index (χ4n) is 3.28. The summed E-state index contributed by atoms with van der Waals surface area (Å²) in [7, 11) is 0. The van der Waals surface area contributed by atoms with E-state index < -0.39 is 0 Å². The van der Waals surface area contributed by atoms with Crippen molar-refractivity contribution in [3.63, 3.8) is 0 Å². The molecule has 1 fully saturated rings. The number of aliphatic hydroxyl groups excluding tert-OH is 1. The third-order valence-corrected chi connectivity index (χ3v) is 4.66. The highest BCUT2D eigenvalue weighted by molar-refractivity contribution is 5.63. The summed E-state index contributed by atoms with van der Waals surface area (Å²) in [6, 6.07) is 6.27. The highest BCUT2D eigenvalue weighted by Gasteiger charge is 2.20. The van der Waals surface area contributed by atoms with Crippen LogP contribution in [0.4, 0.5) is 5.95 Å². The first-order valence-corrected chi connectivity index (χ1v) is 8.41. The van der Waals surface area contributed by atoms with Crippen molar-refractivity contribution in [1.29, 1.82) is 0 Å². The molecule has 1 aliphatic carbocycles. The number of hydrogen-bond acceptors (Lipinski definition) is 5. The van der Waals surface area contributed by atoms with Crippen LogP contribution in [0, 0.1) is 6.92 Å². The van der Waals surface area contributed by atoms with Crippen LogP contribution in [-0.2, 0) is 0 Å². The van der Waals surface area contributed by atoms with Gasteiger partial charge in [-0.25, -0.2) is 15.0 Å². The van der Waals surface area contributed by atoms with Gasteiger partial charge in [-0.2, -0.15) is 0 Å². The molecule has 0 spiro atoms. The monoisotopic (exact) mass is 323 g/mol. The molecule has 0 aliphatic heterocycles. The lowest BCUT2D eigenvalue weighted by Gasteiger charge is -2.26. The van der Waals surface area contributed by atoms with Gasteiger partial charge in [0.15, 0.2) is 0 Å². The third kappa shape index (κ3) is 2.85. The summed E-state index contributed by atoms with van der Waals surface area (Å²) in [4.78, 5) is 13.6. The second-order valence-electron chi connectivity index (χ2n) is 6.45. The Morgan fingerprint density at radius 1 is 1.12 bits per heavy atom. The van der Waals surface area contributed by atoms with E-state index in [2.05, 4.69) is 15.3 Å². The van der Waals surface area contributed by atoms with Crippen molar-refractivity contribution in [2.45, 2.75) is 44.8 Å². The number of fused-ring (bicyclic) bond motifs is 1. The molecule has 0 amide bonds. The smallest absolute Gasteiger partial charge is 0.223 e. The number of nitrogens with one attached hydrogen (secondary N) is 1. The first-order chi connectivity index (χ1) is 11.7. The topological polar surface area (TPSA) is 75.3 Å². The Balaban J connectivity index is 1.64. The Morgan fingerprint density at radius 2 is 1.96 bits per heavy atom. The van der Waals surface area contributed by atoms with Crippen molar-refractivity contribution in [3.05, 3.63) is 42.4 Å². The molecular weight excluding hydrogens is 302 g/mol. The van der Waals surface area contributed by atoms with Crippen molar-refractivity contribution in [2.75, 3.05) is 5.32 Å². The van der Waals surface area contributed by atoms with E-state index in [1.54, 1.807) is 0 Å². The van der Waals surface area contributed by atoms with Gasteiger partial charge in [0.2, 0.25) is 5.95 Å². The van der Waals surface area contributed by atoms with Crippen LogP contribution < -0.4 is 5.32 Å². The van der Waals surface area contributed by atoms with Gasteiger partial charge in [0.05, 0.1) is 23.7 Å². The molecule has 1 saturated carbocycles. The Bertz CT molecular complexity index is 851.